The Morgan fingerprint density at radius 3 is 2.69 bits per heavy atom. The summed E-state index contributed by atoms with van der Waals surface area (Å²) >= 11 is 0. The molecule has 16 heavy (non-hydrogen) atoms. The summed E-state index contributed by atoms with van der Waals surface area (Å²) in [5, 5.41) is 0. The van der Waals surface area contributed by atoms with Gasteiger partial charge in [0.25, 0.3) is 0 Å². The third-order valence-electron chi connectivity index (χ3n) is 2.92. The summed E-state index contributed by atoms with van der Waals surface area (Å²) in [7, 11) is 1.84. The van der Waals surface area contributed by atoms with Gasteiger partial charge in [-0.05, 0) is 24.8 Å². The van der Waals surface area contributed by atoms with Gasteiger partial charge in [0.2, 0.25) is 0 Å². The number of imidazole rings is 1. The summed E-state index contributed by atoms with van der Waals surface area (Å²) in [6.07, 6.45) is 5.78. The van der Waals surface area contributed by atoms with Crippen molar-refractivity contribution in [2.75, 3.05) is 6.54 Å². The Bertz CT molecular complexity index is 355. The lowest BCUT2D eigenvalue weighted by molar-refractivity contribution is 0.0948. The van der Waals surface area contributed by atoms with Crippen molar-refractivity contribution >= 4 is 5.78 Å². The number of carbonyl (C=O) groups is 1. The number of rotatable bonds is 6. The second-order valence-corrected chi connectivity index (χ2v) is 4.99. The van der Waals surface area contributed by atoms with Gasteiger partial charge >= 0.3 is 0 Å². The van der Waals surface area contributed by atoms with Crippen molar-refractivity contribution in [1.29, 1.82) is 0 Å². The first-order valence-corrected chi connectivity index (χ1v) is 5.67. The summed E-state index contributed by atoms with van der Waals surface area (Å²) in [6.45, 7) is 4.96. The van der Waals surface area contributed by atoms with Crippen molar-refractivity contribution in [2.45, 2.75) is 33.1 Å². The van der Waals surface area contributed by atoms with Crippen molar-refractivity contribution < 1.29 is 4.79 Å². The molecule has 1 aromatic heterocycles. The van der Waals surface area contributed by atoms with Crippen LogP contribution in [0, 0.1) is 5.41 Å². The number of hydrogen-bond donors (Lipinski definition) is 1. The second kappa shape index (κ2) is 5.25. The summed E-state index contributed by atoms with van der Waals surface area (Å²) in [5.41, 5.74) is 5.67. The molecule has 0 aliphatic heterocycles. The molecule has 0 fully saturated rings. The summed E-state index contributed by atoms with van der Waals surface area (Å²) in [4.78, 5) is 15.9. The minimum Gasteiger partial charge on any atom is -0.332 e. The van der Waals surface area contributed by atoms with Crippen LogP contribution >= 0.6 is 0 Å². The highest BCUT2D eigenvalue weighted by atomic mass is 16.1. The Balaban J connectivity index is 2.51. The fourth-order valence-corrected chi connectivity index (χ4v) is 1.71. The van der Waals surface area contributed by atoms with E-state index < -0.39 is 0 Å². The van der Waals surface area contributed by atoms with Gasteiger partial charge in [0.05, 0.1) is 0 Å². The standard InChI is InChI=1S/C12H21N3O/c1-12(2,6-7-13)5-4-10(16)11-14-8-9-15(11)3/h8-9H,4-7,13H2,1-3H3. The third-order valence-corrected chi connectivity index (χ3v) is 2.92. The van der Waals surface area contributed by atoms with Crippen LogP contribution in [-0.2, 0) is 7.05 Å². The lowest BCUT2D eigenvalue weighted by Gasteiger charge is -2.23. The van der Waals surface area contributed by atoms with Gasteiger partial charge in [0.1, 0.15) is 0 Å². The first-order valence-electron chi connectivity index (χ1n) is 5.67. The van der Waals surface area contributed by atoms with Crippen LogP contribution in [0.5, 0.6) is 0 Å². The minimum atomic E-state index is 0.109. The summed E-state index contributed by atoms with van der Waals surface area (Å²) < 4.78 is 1.76. The number of nitrogens with two attached hydrogens (primary N) is 1. The van der Waals surface area contributed by atoms with Crippen LogP contribution in [0.2, 0.25) is 0 Å². The van der Waals surface area contributed by atoms with Gasteiger partial charge in [-0.2, -0.15) is 0 Å². The Morgan fingerprint density at radius 1 is 1.50 bits per heavy atom. The van der Waals surface area contributed by atoms with Gasteiger partial charge in [-0.1, -0.05) is 13.8 Å². The van der Waals surface area contributed by atoms with Gasteiger partial charge < -0.3 is 10.3 Å². The zero-order valence-corrected chi connectivity index (χ0v) is 10.4. The molecular formula is C12H21N3O. The summed E-state index contributed by atoms with van der Waals surface area (Å²) in [5.74, 6) is 0.654. The van der Waals surface area contributed by atoms with Crippen molar-refractivity contribution in [1.82, 2.24) is 9.55 Å². The van der Waals surface area contributed by atoms with E-state index in [2.05, 4.69) is 18.8 Å². The molecule has 0 atom stereocenters. The molecule has 0 spiro atoms. The summed E-state index contributed by atoms with van der Waals surface area (Å²) in [6, 6.07) is 0. The number of aryl methyl sites for hydroxylation is 1. The first-order chi connectivity index (χ1) is 7.46. The van der Waals surface area contributed by atoms with Crippen LogP contribution in [0.3, 0.4) is 0 Å². The molecule has 0 unspecified atom stereocenters. The Kier molecular flexibility index (Phi) is 4.24. The molecule has 0 bridgehead atoms. The van der Waals surface area contributed by atoms with E-state index in [0.717, 1.165) is 12.8 Å². The molecule has 0 radical (unpaired) electrons. The maximum atomic E-state index is 11.9. The predicted octanol–water partition coefficient (Wildman–Crippen LogP) is 1.76. The van der Waals surface area contributed by atoms with Gasteiger partial charge in [0.15, 0.2) is 11.6 Å². The van der Waals surface area contributed by atoms with Crippen LogP contribution in [-0.4, -0.2) is 21.9 Å². The van der Waals surface area contributed by atoms with Crippen molar-refractivity contribution in [3.8, 4) is 0 Å². The molecule has 2 N–H and O–H groups in total. The monoisotopic (exact) mass is 223 g/mol. The zero-order valence-electron chi connectivity index (χ0n) is 10.4. The topological polar surface area (TPSA) is 60.9 Å². The SMILES string of the molecule is Cn1ccnc1C(=O)CCC(C)(C)CCN. The van der Waals surface area contributed by atoms with E-state index >= 15 is 0 Å². The molecule has 4 heteroatoms. The van der Waals surface area contributed by atoms with E-state index in [1.165, 1.54) is 0 Å². The minimum absolute atomic E-state index is 0.109. The molecule has 90 valence electrons. The lowest BCUT2D eigenvalue weighted by atomic mass is 9.84. The molecule has 0 aliphatic carbocycles. The largest absolute Gasteiger partial charge is 0.332 e. The van der Waals surface area contributed by atoms with Crippen LogP contribution in [0.1, 0.15) is 43.7 Å². The van der Waals surface area contributed by atoms with Gasteiger partial charge in [0, 0.05) is 25.9 Å². The van der Waals surface area contributed by atoms with E-state index in [9.17, 15) is 4.79 Å². The number of nitrogens with zero attached hydrogens (tertiary/aromatic N) is 2. The van der Waals surface area contributed by atoms with Gasteiger partial charge in [-0.25, -0.2) is 4.98 Å². The number of ketones is 1. The molecule has 1 aromatic rings. The fraction of sp³-hybridized carbons (Fsp3) is 0.667. The lowest BCUT2D eigenvalue weighted by Crippen LogP contribution is -2.19. The fourth-order valence-electron chi connectivity index (χ4n) is 1.71. The molecule has 0 aliphatic rings. The molecule has 0 amide bonds. The highest BCUT2D eigenvalue weighted by molar-refractivity contribution is 5.92. The predicted molar refractivity (Wildman–Crippen MR) is 64.2 cm³/mol. The van der Waals surface area contributed by atoms with E-state index in [0.29, 0.717) is 18.8 Å². The van der Waals surface area contributed by atoms with Crippen LogP contribution in [0.4, 0.5) is 0 Å². The second-order valence-electron chi connectivity index (χ2n) is 4.99. The maximum absolute atomic E-state index is 11.9. The van der Waals surface area contributed by atoms with Crippen molar-refractivity contribution in [3.05, 3.63) is 18.2 Å². The molecule has 0 saturated carbocycles. The maximum Gasteiger partial charge on any atom is 0.198 e. The average molecular weight is 223 g/mol. The average Bonchev–Trinajstić information content (AvgIpc) is 2.61. The molecule has 4 nitrogen and oxygen atoms in total. The smallest absolute Gasteiger partial charge is 0.198 e. The Morgan fingerprint density at radius 2 is 2.19 bits per heavy atom. The Hall–Kier alpha value is -1.16. The normalized spacial score (nSPS) is 11.8. The number of hydrogen-bond acceptors (Lipinski definition) is 3. The quantitative estimate of drug-likeness (QED) is 0.747. The number of aromatic nitrogens is 2. The molecule has 1 heterocycles. The van der Waals surface area contributed by atoms with Gasteiger partial charge in [-0.15, -0.1) is 0 Å². The molecule has 0 aromatic carbocycles. The molecule has 0 saturated heterocycles. The highest BCUT2D eigenvalue weighted by Gasteiger charge is 2.20. The molecule has 1 rings (SSSR count). The number of carbonyl (C=O) groups excluding carboxylic acids is 1. The third kappa shape index (κ3) is 3.45. The van der Waals surface area contributed by atoms with Crippen molar-refractivity contribution in [2.24, 2.45) is 18.2 Å². The first kappa shape index (κ1) is 12.9. The van der Waals surface area contributed by atoms with Gasteiger partial charge in [-0.3, -0.25) is 4.79 Å². The number of Topliss-reactive ketones (excluding diaryl/α,β-unsaturated/α-hetero) is 1. The van der Waals surface area contributed by atoms with Crippen molar-refractivity contribution in [3.63, 3.8) is 0 Å². The van der Waals surface area contributed by atoms with Crippen LogP contribution < -0.4 is 5.73 Å². The highest BCUT2D eigenvalue weighted by Crippen LogP contribution is 2.26. The van der Waals surface area contributed by atoms with E-state index in [-0.39, 0.29) is 11.2 Å². The van der Waals surface area contributed by atoms with Crippen LogP contribution in [0.25, 0.3) is 0 Å². The van der Waals surface area contributed by atoms with E-state index in [1.54, 1.807) is 17.0 Å². The van der Waals surface area contributed by atoms with E-state index in [1.807, 2.05) is 7.05 Å². The van der Waals surface area contributed by atoms with Crippen LogP contribution in [0.15, 0.2) is 12.4 Å². The Labute approximate surface area is 96.9 Å². The molecular weight excluding hydrogens is 202 g/mol. The zero-order chi connectivity index (χ0) is 12.2. The van der Waals surface area contributed by atoms with E-state index in [4.69, 9.17) is 5.73 Å².